The molecule has 1 aromatic carbocycles. The molecule has 1 aromatic heterocycles. The maximum Gasteiger partial charge on any atom is 0.225 e. The molecule has 1 amide bonds. The fourth-order valence-electron chi connectivity index (χ4n) is 1.82. The molecular weight excluding hydrogens is 286 g/mol. The summed E-state index contributed by atoms with van der Waals surface area (Å²) in [6.45, 7) is 2.06. The molecule has 0 fully saturated rings. The van der Waals surface area contributed by atoms with Crippen LogP contribution in [0.4, 0.5) is 17.2 Å². The van der Waals surface area contributed by atoms with Gasteiger partial charge < -0.3 is 10.6 Å². The van der Waals surface area contributed by atoms with E-state index < -0.39 is 0 Å². The van der Waals surface area contributed by atoms with Gasteiger partial charge in [0.05, 0.1) is 11.9 Å². The van der Waals surface area contributed by atoms with E-state index in [0.717, 1.165) is 24.2 Å². The number of hydrogen-bond donors (Lipinski definition) is 2. The van der Waals surface area contributed by atoms with Gasteiger partial charge >= 0.3 is 0 Å². The smallest absolute Gasteiger partial charge is 0.225 e. The number of anilines is 3. The van der Waals surface area contributed by atoms with Crippen molar-refractivity contribution < 1.29 is 4.79 Å². The molecule has 1 heterocycles. The summed E-state index contributed by atoms with van der Waals surface area (Å²) in [5.41, 5.74) is 1.73. The number of benzene rings is 1. The molecule has 0 aliphatic rings. The van der Waals surface area contributed by atoms with E-state index >= 15 is 0 Å². The third-order valence-corrected chi connectivity index (χ3v) is 3.14. The average molecular weight is 304 g/mol. The molecule has 2 rings (SSSR count). The maximum atomic E-state index is 11.6. The zero-order chi connectivity index (χ0) is 15.1. The SMILES string of the molecule is CCCCC(=O)Nc1ccc(Nc2cccc(Cl)c2)cn1. The van der Waals surface area contributed by atoms with Crippen molar-refractivity contribution in [3.8, 4) is 0 Å². The molecule has 0 aliphatic heterocycles. The lowest BCUT2D eigenvalue weighted by Gasteiger charge is -2.08. The molecule has 0 aliphatic carbocycles. The monoisotopic (exact) mass is 303 g/mol. The zero-order valence-corrected chi connectivity index (χ0v) is 12.7. The number of rotatable bonds is 6. The quantitative estimate of drug-likeness (QED) is 0.819. The highest BCUT2D eigenvalue weighted by atomic mass is 35.5. The van der Waals surface area contributed by atoms with Crippen LogP contribution in [0.3, 0.4) is 0 Å². The Morgan fingerprint density at radius 2 is 2.10 bits per heavy atom. The number of unbranched alkanes of at least 4 members (excludes halogenated alkanes) is 1. The fourth-order valence-corrected chi connectivity index (χ4v) is 2.01. The number of nitrogens with zero attached hydrogens (tertiary/aromatic N) is 1. The lowest BCUT2D eigenvalue weighted by molar-refractivity contribution is -0.116. The summed E-state index contributed by atoms with van der Waals surface area (Å²) in [5, 5.41) is 6.65. The molecule has 110 valence electrons. The lowest BCUT2D eigenvalue weighted by atomic mass is 10.2. The Labute approximate surface area is 129 Å². The van der Waals surface area contributed by atoms with Gasteiger partial charge in [-0.1, -0.05) is 31.0 Å². The molecule has 4 nitrogen and oxygen atoms in total. The van der Waals surface area contributed by atoms with Crippen molar-refractivity contribution in [2.24, 2.45) is 0 Å². The molecule has 0 saturated heterocycles. The predicted molar refractivity (Wildman–Crippen MR) is 87.1 cm³/mol. The molecule has 21 heavy (non-hydrogen) atoms. The van der Waals surface area contributed by atoms with E-state index in [1.807, 2.05) is 30.3 Å². The van der Waals surface area contributed by atoms with E-state index in [1.54, 1.807) is 12.3 Å². The van der Waals surface area contributed by atoms with Gasteiger partial charge in [0.2, 0.25) is 5.91 Å². The largest absolute Gasteiger partial charge is 0.354 e. The topological polar surface area (TPSA) is 54.0 Å². The third kappa shape index (κ3) is 5.08. The number of nitrogens with one attached hydrogen (secondary N) is 2. The molecule has 0 spiro atoms. The second-order valence-corrected chi connectivity index (χ2v) is 5.16. The van der Waals surface area contributed by atoms with Gasteiger partial charge in [0, 0.05) is 17.1 Å². The van der Waals surface area contributed by atoms with Crippen LogP contribution in [-0.4, -0.2) is 10.9 Å². The highest BCUT2D eigenvalue weighted by Gasteiger charge is 2.03. The zero-order valence-electron chi connectivity index (χ0n) is 11.9. The van der Waals surface area contributed by atoms with Gasteiger partial charge in [0.15, 0.2) is 0 Å². The van der Waals surface area contributed by atoms with E-state index in [0.29, 0.717) is 17.3 Å². The van der Waals surface area contributed by atoms with Crippen molar-refractivity contribution in [2.45, 2.75) is 26.2 Å². The summed E-state index contributed by atoms with van der Waals surface area (Å²) >= 11 is 5.93. The highest BCUT2D eigenvalue weighted by Crippen LogP contribution is 2.20. The summed E-state index contributed by atoms with van der Waals surface area (Å²) in [6.07, 6.45) is 4.10. The van der Waals surface area contributed by atoms with E-state index in [1.165, 1.54) is 0 Å². The minimum absolute atomic E-state index is 0.0000922. The number of pyridine rings is 1. The Bertz CT molecular complexity index is 599. The third-order valence-electron chi connectivity index (χ3n) is 2.90. The Balaban J connectivity index is 1.94. The first-order chi connectivity index (χ1) is 10.2. The molecule has 2 aromatic rings. The van der Waals surface area contributed by atoms with Crippen LogP contribution in [0.15, 0.2) is 42.6 Å². The second-order valence-electron chi connectivity index (χ2n) is 4.72. The average Bonchev–Trinajstić information content (AvgIpc) is 2.47. The van der Waals surface area contributed by atoms with Crippen molar-refractivity contribution >= 4 is 34.7 Å². The minimum Gasteiger partial charge on any atom is -0.354 e. The van der Waals surface area contributed by atoms with Gasteiger partial charge in [-0.05, 0) is 36.8 Å². The van der Waals surface area contributed by atoms with Crippen molar-refractivity contribution in [1.82, 2.24) is 4.98 Å². The summed E-state index contributed by atoms with van der Waals surface area (Å²) < 4.78 is 0. The number of hydrogen-bond acceptors (Lipinski definition) is 3. The van der Waals surface area contributed by atoms with Crippen molar-refractivity contribution in [1.29, 1.82) is 0 Å². The Morgan fingerprint density at radius 1 is 1.24 bits per heavy atom. The number of carbonyl (C=O) groups is 1. The van der Waals surface area contributed by atoms with E-state index in [4.69, 9.17) is 11.6 Å². The van der Waals surface area contributed by atoms with E-state index in [2.05, 4.69) is 22.5 Å². The molecule has 5 heteroatoms. The van der Waals surface area contributed by atoms with E-state index in [9.17, 15) is 4.79 Å². The summed E-state index contributed by atoms with van der Waals surface area (Å²) in [6, 6.07) is 11.1. The standard InChI is InChI=1S/C16H18ClN3O/c1-2-3-7-16(21)20-15-9-8-14(11-18-15)19-13-6-4-5-12(17)10-13/h4-6,8-11,19H,2-3,7H2,1H3,(H,18,20,21). The summed E-state index contributed by atoms with van der Waals surface area (Å²) in [5.74, 6) is 0.563. The van der Waals surface area contributed by atoms with Crippen LogP contribution in [0.1, 0.15) is 26.2 Å². The van der Waals surface area contributed by atoms with Crippen molar-refractivity contribution in [2.75, 3.05) is 10.6 Å². The molecule has 0 radical (unpaired) electrons. The van der Waals surface area contributed by atoms with Gasteiger partial charge in [-0.2, -0.15) is 0 Å². The predicted octanol–water partition coefficient (Wildman–Crippen LogP) is 4.61. The Morgan fingerprint density at radius 3 is 2.76 bits per heavy atom. The first-order valence-electron chi connectivity index (χ1n) is 6.96. The van der Waals surface area contributed by atoms with Gasteiger partial charge in [0.1, 0.15) is 5.82 Å². The van der Waals surface area contributed by atoms with Crippen LogP contribution in [0.2, 0.25) is 5.02 Å². The van der Waals surface area contributed by atoms with Crippen molar-refractivity contribution in [3.05, 3.63) is 47.6 Å². The van der Waals surface area contributed by atoms with Gasteiger partial charge in [-0.25, -0.2) is 4.98 Å². The number of amides is 1. The molecule has 0 bridgehead atoms. The first-order valence-corrected chi connectivity index (χ1v) is 7.33. The fraction of sp³-hybridized carbons (Fsp3) is 0.250. The van der Waals surface area contributed by atoms with E-state index in [-0.39, 0.29) is 5.91 Å². The summed E-state index contributed by atoms with van der Waals surface area (Å²) in [4.78, 5) is 15.8. The van der Waals surface area contributed by atoms with Crippen molar-refractivity contribution in [3.63, 3.8) is 0 Å². The maximum absolute atomic E-state index is 11.6. The Hall–Kier alpha value is -2.07. The molecule has 0 atom stereocenters. The van der Waals surface area contributed by atoms with Crippen LogP contribution in [0, 0.1) is 0 Å². The van der Waals surface area contributed by atoms with Crippen LogP contribution in [0.5, 0.6) is 0 Å². The number of halogens is 1. The second kappa shape index (κ2) is 7.64. The van der Waals surface area contributed by atoms with Crippen LogP contribution >= 0.6 is 11.6 Å². The van der Waals surface area contributed by atoms with Gasteiger partial charge in [-0.15, -0.1) is 0 Å². The number of aromatic nitrogens is 1. The first kappa shape index (κ1) is 15.3. The normalized spacial score (nSPS) is 10.2. The van der Waals surface area contributed by atoms with Gasteiger partial charge in [-0.3, -0.25) is 4.79 Å². The molecule has 0 unspecified atom stereocenters. The molecule has 0 saturated carbocycles. The minimum atomic E-state index is -0.0000922. The Kier molecular flexibility index (Phi) is 5.58. The molecule has 2 N–H and O–H groups in total. The van der Waals surface area contributed by atoms with Crippen LogP contribution < -0.4 is 10.6 Å². The van der Waals surface area contributed by atoms with Gasteiger partial charge in [0.25, 0.3) is 0 Å². The number of carbonyl (C=O) groups excluding carboxylic acids is 1. The molecular formula is C16H18ClN3O. The van der Waals surface area contributed by atoms with Crippen LogP contribution in [-0.2, 0) is 4.79 Å². The lowest BCUT2D eigenvalue weighted by Crippen LogP contribution is -2.12. The highest BCUT2D eigenvalue weighted by molar-refractivity contribution is 6.30. The summed E-state index contributed by atoms with van der Waals surface area (Å²) in [7, 11) is 0. The van der Waals surface area contributed by atoms with Crippen LogP contribution in [0.25, 0.3) is 0 Å².